The first-order valence-electron chi connectivity index (χ1n) is 8.06. The van der Waals surface area contributed by atoms with Crippen LogP contribution in [0.4, 0.5) is 4.79 Å². The number of β-amino-alcohol motifs (C(OH)–C–C–N with tert-alkyl or cyclic N) is 1. The molecule has 2 N–H and O–H groups in total. The Morgan fingerprint density at radius 2 is 1.56 bits per heavy atom. The Hall–Kier alpha value is -2.74. The number of imide groups is 2. The molecule has 0 spiro atoms. The van der Waals surface area contributed by atoms with Gasteiger partial charge in [0.05, 0.1) is 30.3 Å². The SMILES string of the molecule is CC[C@]1(C)NC(=O)N(C[C@H](O)CN2C(=O)c3ccccc3C2=O)C1=O. The molecule has 8 heteroatoms. The lowest BCUT2D eigenvalue weighted by Crippen LogP contribution is -2.46. The number of amides is 5. The average molecular weight is 345 g/mol. The smallest absolute Gasteiger partial charge is 0.325 e. The van der Waals surface area contributed by atoms with E-state index in [2.05, 4.69) is 5.32 Å². The molecule has 8 nitrogen and oxygen atoms in total. The number of aliphatic hydroxyl groups excluding tert-OH is 1. The summed E-state index contributed by atoms with van der Waals surface area (Å²) in [7, 11) is 0. The maximum Gasteiger partial charge on any atom is 0.325 e. The fourth-order valence-corrected chi connectivity index (χ4v) is 3.04. The van der Waals surface area contributed by atoms with Crippen LogP contribution in [0.2, 0.25) is 0 Å². The first-order valence-corrected chi connectivity index (χ1v) is 8.06. The van der Waals surface area contributed by atoms with E-state index in [9.17, 15) is 24.3 Å². The minimum Gasteiger partial charge on any atom is -0.389 e. The van der Waals surface area contributed by atoms with Crippen molar-refractivity contribution in [1.29, 1.82) is 0 Å². The topological polar surface area (TPSA) is 107 Å². The Balaban J connectivity index is 1.69. The zero-order valence-electron chi connectivity index (χ0n) is 14.0. The predicted octanol–water partition coefficient (Wildman–Crippen LogP) is 0.364. The zero-order valence-corrected chi connectivity index (χ0v) is 14.0. The standard InChI is InChI=1S/C17H19N3O5/c1-3-17(2)15(24)20(16(25)18-17)9-10(21)8-19-13(22)11-6-4-5-7-12(11)14(19)23/h4-7,10,21H,3,8-9H2,1-2H3,(H,18,25)/t10-,17+/m1/s1. The zero-order chi connectivity index (χ0) is 18.4. The van der Waals surface area contributed by atoms with Crippen molar-refractivity contribution in [3.05, 3.63) is 35.4 Å². The van der Waals surface area contributed by atoms with Gasteiger partial charge in [-0.1, -0.05) is 19.1 Å². The van der Waals surface area contributed by atoms with E-state index >= 15 is 0 Å². The highest BCUT2D eigenvalue weighted by molar-refractivity contribution is 6.21. The Kier molecular flexibility index (Phi) is 4.08. The van der Waals surface area contributed by atoms with Crippen molar-refractivity contribution in [2.24, 2.45) is 0 Å². The van der Waals surface area contributed by atoms with Crippen molar-refractivity contribution in [2.45, 2.75) is 31.9 Å². The number of carbonyl (C=O) groups is 4. The maximum absolute atomic E-state index is 12.3. The van der Waals surface area contributed by atoms with Crippen molar-refractivity contribution >= 4 is 23.8 Å². The number of rotatable bonds is 5. The molecule has 1 saturated heterocycles. The third-order valence-corrected chi connectivity index (χ3v) is 4.72. The fraction of sp³-hybridized carbons (Fsp3) is 0.412. The molecule has 0 saturated carbocycles. The summed E-state index contributed by atoms with van der Waals surface area (Å²) in [4.78, 5) is 50.8. The molecule has 132 valence electrons. The van der Waals surface area contributed by atoms with Gasteiger partial charge in [-0.05, 0) is 25.5 Å². The van der Waals surface area contributed by atoms with E-state index in [1.54, 1.807) is 38.1 Å². The normalized spacial score (nSPS) is 24.0. The molecule has 1 aromatic rings. The molecule has 2 aliphatic rings. The van der Waals surface area contributed by atoms with Gasteiger partial charge in [-0.2, -0.15) is 0 Å². The van der Waals surface area contributed by atoms with E-state index in [1.165, 1.54) is 0 Å². The number of fused-ring (bicyclic) bond motifs is 1. The van der Waals surface area contributed by atoms with Gasteiger partial charge in [-0.15, -0.1) is 0 Å². The molecule has 1 fully saturated rings. The molecule has 0 aromatic heterocycles. The molecular formula is C17H19N3O5. The molecule has 3 rings (SSSR count). The summed E-state index contributed by atoms with van der Waals surface area (Å²) in [5.41, 5.74) is -0.423. The number of urea groups is 1. The van der Waals surface area contributed by atoms with Crippen LogP contribution in [0.5, 0.6) is 0 Å². The van der Waals surface area contributed by atoms with Gasteiger partial charge in [0.1, 0.15) is 5.54 Å². The highest BCUT2D eigenvalue weighted by Crippen LogP contribution is 2.24. The van der Waals surface area contributed by atoms with Gasteiger partial charge in [0, 0.05) is 0 Å². The highest BCUT2D eigenvalue weighted by Gasteiger charge is 2.47. The monoisotopic (exact) mass is 345 g/mol. The van der Waals surface area contributed by atoms with E-state index in [0.29, 0.717) is 6.42 Å². The van der Waals surface area contributed by atoms with E-state index in [1.807, 2.05) is 0 Å². The number of hydrogen-bond donors (Lipinski definition) is 2. The van der Waals surface area contributed by atoms with Gasteiger partial charge in [0.15, 0.2) is 0 Å². The summed E-state index contributed by atoms with van der Waals surface area (Å²) in [5, 5.41) is 12.8. The number of nitrogens with zero attached hydrogens (tertiary/aromatic N) is 2. The molecule has 2 atom stereocenters. The van der Waals surface area contributed by atoms with Crippen LogP contribution >= 0.6 is 0 Å². The van der Waals surface area contributed by atoms with Crippen molar-refractivity contribution in [3.8, 4) is 0 Å². The third kappa shape index (κ3) is 2.68. The van der Waals surface area contributed by atoms with E-state index in [4.69, 9.17) is 0 Å². The van der Waals surface area contributed by atoms with Crippen LogP contribution in [-0.4, -0.2) is 63.4 Å². The van der Waals surface area contributed by atoms with Gasteiger partial charge in [-0.3, -0.25) is 24.2 Å². The van der Waals surface area contributed by atoms with Crippen molar-refractivity contribution in [2.75, 3.05) is 13.1 Å². The highest BCUT2D eigenvalue weighted by atomic mass is 16.3. The summed E-state index contributed by atoms with van der Waals surface area (Å²) < 4.78 is 0. The third-order valence-electron chi connectivity index (χ3n) is 4.72. The van der Waals surface area contributed by atoms with Crippen molar-refractivity contribution in [3.63, 3.8) is 0 Å². The van der Waals surface area contributed by atoms with Gasteiger partial charge in [0.2, 0.25) is 0 Å². The second-order valence-corrected chi connectivity index (χ2v) is 6.45. The molecule has 25 heavy (non-hydrogen) atoms. The van der Waals surface area contributed by atoms with Crippen LogP contribution in [0, 0.1) is 0 Å². The Morgan fingerprint density at radius 3 is 2.04 bits per heavy atom. The Labute approximate surface area is 144 Å². The maximum atomic E-state index is 12.3. The summed E-state index contributed by atoms with van der Waals surface area (Å²) in [6.07, 6.45) is -0.807. The first kappa shape index (κ1) is 17.1. The molecule has 2 heterocycles. The van der Waals surface area contributed by atoms with E-state index in [-0.39, 0.29) is 24.2 Å². The quantitative estimate of drug-likeness (QED) is 0.592. The number of benzene rings is 1. The lowest BCUT2D eigenvalue weighted by atomic mass is 9.99. The molecule has 0 bridgehead atoms. The first-order chi connectivity index (χ1) is 11.8. The molecule has 5 amide bonds. The summed E-state index contributed by atoms with van der Waals surface area (Å²) in [6.45, 7) is 2.82. The van der Waals surface area contributed by atoms with Crippen LogP contribution in [-0.2, 0) is 4.79 Å². The second-order valence-electron chi connectivity index (χ2n) is 6.45. The van der Waals surface area contributed by atoms with E-state index in [0.717, 1.165) is 9.80 Å². The van der Waals surface area contributed by atoms with Crippen molar-refractivity contribution < 1.29 is 24.3 Å². The summed E-state index contributed by atoms with van der Waals surface area (Å²) in [5.74, 6) is -1.41. The molecule has 2 aliphatic heterocycles. The van der Waals surface area contributed by atoms with Crippen LogP contribution in [0.1, 0.15) is 41.0 Å². The molecular weight excluding hydrogens is 326 g/mol. The summed E-state index contributed by atoms with van der Waals surface area (Å²) >= 11 is 0. The minimum absolute atomic E-state index is 0.284. The van der Waals surface area contributed by atoms with Crippen LogP contribution in [0.15, 0.2) is 24.3 Å². The Bertz CT molecular complexity index is 742. The van der Waals surface area contributed by atoms with Gasteiger partial charge < -0.3 is 10.4 Å². The average Bonchev–Trinajstić information content (AvgIpc) is 2.96. The molecule has 0 unspecified atom stereocenters. The molecule has 1 aromatic carbocycles. The largest absolute Gasteiger partial charge is 0.389 e. The number of aliphatic hydroxyl groups is 1. The molecule has 0 aliphatic carbocycles. The number of hydrogen-bond acceptors (Lipinski definition) is 5. The lowest BCUT2D eigenvalue weighted by molar-refractivity contribution is -0.131. The van der Waals surface area contributed by atoms with Crippen molar-refractivity contribution in [1.82, 2.24) is 15.1 Å². The van der Waals surface area contributed by atoms with Gasteiger partial charge in [0.25, 0.3) is 17.7 Å². The summed E-state index contributed by atoms with van der Waals surface area (Å²) in [6, 6.07) is 5.82. The fourth-order valence-electron chi connectivity index (χ4n) is 3.04. The van der Waals surface area contributed by atoms with E-state index < -0.39 is 35.4 Å². The molecule has 0 radical (unpaired) electrons. The van der Waals surface area contributed by atoms with Crippen LogP contribution in [0.3, 0.4) is 0 Å². The number of nitrogens with one attached hydrogen (secondary N) is 1. The van der Waals surface area contributed by atoms with Crippen LogP contribution in [0.25, 0.3) is 0 Å². The second kappa shape index (κ2) is 5.96. The minimum atomic E-state index is -1.23. The van der Waals surface area contributed by atoms with Gasteiger partial charge >= 0.3 is 6.03 Å². The Morgan fingerprint density at radius 1 is 1.04 bits per heavy atom. The predicted molar refractivity (Wildman–Crippen MR) is 86.8 cm³/mol. The lowest BCUT2D eigenvalue weighted by Gasteiger charge is -2.23. The van der Waals surface area contributed by atoms with Crippen LogP contribution < -0.4 is 5.32 Å². The van der Waals surface area contributed by atoms with Gasteiger partial charge in [-0.25, -0.2) is 4.79 Å². The number of carbonyl (C=O) groups excluding carboxylic acids is 4.